The number of carbonyl (C=O) groups excluding carboxylic acids is 1. The smallest absolute Gasteiger partial charge is 0.255 e. The van der Waals surface area contributed by atoms with Gasteiger partial charge in [0.05, 0.1) is 17.7 Å². The molecule has 0 aliphatic carbocycles. The highest BCUT2D eigenvalue weighted by Gasteiger charge is 2.17. The second-order valence-electron chi connectivity index (χ2n) is 5.10. The number of nitrogens with zero attached hydrogens (tertiary/aromatic N) is 1. The van der Waals surface area contributed by atoms with E-state index in [4.69, 9.17) is 27.9 Å². The molecule has 0 unspecified atom stereocenters. The maximum Gasteiger partial charge on any atom is 0.255 e. The van der Waals surface area contributed by atoms with Gasteiger partial charge in [-0.25, -0.2) is 0 Å². The first-order chi connectivity index (χ1) is 10.4. The van der Waals surface area contributed by atoms with Crippen molar-refractivity contribution in [2.75, 3.05) is 14.2 Å². The van der Waals surface area contributed by atoms with Crippen molar-refractivity contribution in [3.05, 3.63) is 63.1 Å². The monoisotopic (exact) mass is 337 g/mol. The molecule has 5 heteroatoms. The van der Waals surface area contributed by atoms with Gasteiger partial charge >= 0.3 is 0 Å². The number of aryl methyl sites for hydroxylation is 1. The maximum atomic E-state index is 12.5. The third-order valence-electron chi connectivity index (χ3n) is 3.35. The predicted octanol–water partition coefficient (Wildman–Crippen LogP) is 4.58. The minimum Gasteiger partial charge on any atom is -0.496 e. The highest BCUT2D eigenvalue weighted by molar-refractivity contribution is 6.35. The SMILES string of the molecule is COc1ccc(C)cc1CN(C)C(=O)c1cc(Cl)ccc1Cl. The average Bonchev–Trinajstić information content (AvgIpc) is 2.49. The highest BCUT2D eigenvalue weighted by Crippen LogP contribution is 2.25. The Bertz CT molecular complexity index is 701. The summed E-state index contributed by atoms with van der Waals surface area (Å²) in [5.74, 6) is 0.568. The summed E-state index contributed by atoms with van der Waals surface area (Å²) in [6.07, 6.45) is 0. The van der Waals surface area contributed by atoms with Crippen LogP contribution in [0, 0.1) is 6.92 Å². The lowest BCUT2D eigenvalue weighted by atomic mass is 10.1. The van der Waals surface area contributed by atoms with E-state index in [2.05, 4.69) is 0 Å². The van der Waals surface area contributed by atoms with E-state index in [1.165, 1.54) is 0 Å². The molecule has 3 nitrogen and oxygen atoms in total. The summed E-state index contributed by atoms with van der Waals surface area (Å²) in [4.78, 5) is 14.1. The Balaban J connectivity index is 2.25. The molecule has 0 aliphatic heterocycles. The molecule has 2 aromatic carbocycles. The van der Waals surface area contributed by atoms with E-state index in [0.717, 1.165) is 16.9 Å². The van der Waals surface area contributed by atoms with Gasteiger partial charge in [-0.15, -0.1) is 0 Å². The Morgan fingerprint density at radius 1 is 1.18 bits per heavy atom. The quantitative estimate of drug-likeness (QED) is 0.816. The number of hydrogen-bond acceptors (Lipinski definition) is 2. The molecule has 0 aromatic heterocycles. The van der Waals surface area contributed by atoms with Crippen LogP contribution in [-0.4, -0.2) is 25.0 Å². The van der Waals surface area contributed by atoms with Crippen LogP contribution in [0.2, 0.25) is 10.0 Å². The average molecular weight is 338 g/mol. The molecule has 22 heavy (non-hydrogen) atoms. The van der Waals surface area contributed by atoms with Crippen molar-refractivity contribution in [2.45, 2.75) is 13.5 Å². The Morgan fingerprint density at radius 3 is 2.59 bits per heavy atom. The third-order valence-corrected chi connectivity index (χ3v) is 3.91. The molecule has 1 amide bonds. The summed E-state index contributed by atoms with van der Waals surface area (Å²) in [5, 5.41) is 0.867. The van der Waals surface area contributed by atoms with Gasteiger partial charge in [-0.1, -0.05) is 40.9 Å². The zero-order valence-corrected chi connectivity index (χ0v) is 14.2. The second-order valence-corrected chi connectivity index (χ2v) is 5.94. The lowest BCUT2D eigenvalue weighted by Gasteiger charge is -2.20. The molecular weight excluding hydrogens is 321 g/mol. The van der Waals surface area contributed by atoms with Gasteiger partial charge in [-0.2, -0.15) is 0 Å². The van der Waals surface area contributed by atoms with Crippen molar-refractivity contribution >= 4 is 29.1 Å². The maximum absolute atomic E-state index is 12.5. The Kier molecular flexibility index (Phi) is 5.33. The minimum absolute atomic E-state index is 0.184. The molecule has 0 saturated carbocycles. The third kappa shape index (κ3) is 3.73. The number of methoxy groups -OCH3 is 1. The molecule has 0 saturated heterocycles. The van der Waals surface area contributed by atoms with Crippen LogP contribution in [0.15, 0.2) is 36.4 Å². The van der Waals surface area contributed by atoms with Crippen LogP contribution < -0.4 is 4.74 Å². The summed E-state index contributed by atoms with van der Waals surface area (Å²) in [6, 6.07) is 10.7. The van der Waals surface area contributed by atoms with E-state index < -0.39 is 0 Å². The van der Waals surface area contributed by atoms with Crippen molar-refractivity contribution in [3.63, 3.8) is 0 Å². The van der Waals surface area contributed by atoms with E-state index in [0.29, 0.717) is 22.2 Å². The normalized spacial score (nSPS) is 10.4. The van der Waals surface area contributed by atoms with Crippen molar-refractivity contribution < 1.29 is 9.53 Å². The van der Waals surface area contributed by atoms with E-state index >= 15 is 0 Å². The summed E-state index contributed by atoms with van der Waals surface area (Å²) >= 11 is 12.0. The lowest BCUT2D eigenvalue weighted by molar-refractivity contribution is 0.0784. The van der Waals surface area contributed by atoms with E-state index in [1.807, 2.05) is 25.1 Å². The lowest BCUT2D eigenvalue weighted by Crippen LogP contribution is -2.26. The fourth-order valence-corrected chi connectivity index (χ4v) is 2.60. The number of hydrogen-bond donors (Lipinski definition) is 0. The number of benzene rings is 2. The number of carbonyl (C=O) groups is 1. The first kappa shape index (κ1) is 16.7. The zero-order chi connectivity index (χ0) is 16.3. The summed E-state index contributed by atoms with van der Waals surface area (Å²) in [5.41, 5.74) is 2.44. The minimum atomic E-state index is -0.184. The van der Waals surface area contributed by atoms with Gasteiger partial charge in [-0.05, 0) is 31.2 Å². The van der Waals surface area contributed by atoms with Gasteiger partial charge < -0.3 is 9.64 Å². The van der Waals surface area contributed by atoms with Crippen LogP contribution in [0.1, 0.15) is 21.5 Å². The Hall–Kier alpha value is -1.71. The Morgan fingerprint density at radius 2 is 1.91 bits per heavy atom. The van der Waals surface area contributed by atoms with Crippen molar-refractivity contribution in [1.29, 1.82) is 0 Å². The van der Waals surface area contributed by atoms with Crippen LogP contribution in [0.5, 0.6) is 5.75 Å². The van der Waals surface area contributed by atoms with E-state index in [9.17, 15) is 4.79 Å². The molecule has 0 spiro atoms. The number of ether oxygens (including phenoxy) is 1. The summed E-state index contributed by atoms with van der Waals surface area (Å²) in [6.45, 7) is 2.42. The van der Waals surface area contributed by atoms with E-state index in [1.54, 1.807) is 37.3 Å². The van der Waals surface area contributed by atoms with Gasteiger partial charge in [0.25, 0.3) is 5.91 Å². The molecule has 116 valence electrons. The second kappa shape index (κ2) is 7.03. The summed E-state index contributed by atoms with van der Waals surface area (Å²) in [7, 11) is 3.34. The largest absolute Gasteiger partial charge is 0.496 e. The van der Waals surface area contributed by atoms with Gasteiger partial charge in [0.2, 0.25) is 0 Å². The first-order valence-electron chi connectivity index (χ1n) is 6.76. The molecule has 0 N–H and O–H groups in total. The predicted molar refractivity (Wildman–Crippen MR) is 90.0 cm³/mol. The first-order valence-corrected chi connectivity index (χ1v) is 7.52. The molecule has 2 rings (SSSR count). The molecule has 0 radical (unpaired) electrons. The van der Waals surface area contributed by atoms with Crippen LogP contribution >= 0.6 is 23.2 Å². The molecule has 0 bridgehead atoms. The fraction of sp³-hybridized carbons (Fsp3) is 0.235. The molecule has 0 fully saturated rings. The molecule has 0 heterocycles. The van der Waals surface area contributed by atoms with Gasteiger partial charge in [0.15, 0.2) is 0 Å². The molecule has 0 atom stereocenters. The number of halogens is 2. The number of amides is 1. The van der Waals surface area contributed by atoms with Crippen molar-refractivity contribution in [1.82, 2.24) is 4.90 Å². The van der Waals surface area contributed by atoms with Crippen LogP contribution in [-0.2, 0) is 6.54 Å². The van der Waals surface area contributed by atoms with Gasteiger partial charge in [-0.3, -0.25) is 4.79 Å². The van der Waals surface area contributed by atoms with Gasteiger partial charge in [0, 0.05) is 24.2 Å². The standard InChI is InChI=1S/C17H17Cl2NO2/c1-11-4-7-16(22-3)12(8-11)10-20(2)17(21)14-9-13(18)5-6-15(14)19/h4-9H,10H2,1-3H3. The molecule has 2 aromatic rings. The van der Waals surface area contributed by atoms with Crippen LogP contribution in [0.4, 0.5) is 0 Å². The molecular formula is C17H17Cl2NO2. The van der Waals surface area contributed by atoms with Crippen LogP contribution in [0.3, 0.4) is 0 Å². The van der Waals surface area contributed by atoms with E-state index in [-0.39, 0.29) is 5.91 Å². The molecule has 0 aliphatic rings. The number of rotatable bonds is 4. The Labute approximate surface area is 140 Å². The highest BCUT2D eigenvalue weighted by atomic mass is 35.5. The topological polar surface area (TPSA) is 29.5 Å². The fourth-order valence-electron chi connectivity index (χ4n) is 2.23. The van der Waals surface area contributed by atoms with Crippen molar-refractivity contribution in [3.8, 4) is 5.75 Å². The van der Waals surface area contributed by atoms with Crippen molar-refractivity contribution in [2.24, 2.45) is 0 Å². The zero-order valence-electron chi connectivity index (χ0n) is 12.7. The van der Waals surface area contributed by atoms with Gasteiger partial charge in [0.1, 0.15) is 5.75 Å². The summed E-state index contributed by atoms with van der Waals surface area (Å²) < 4.78 is 5.34. The van der Waals surface area contributed by atoms with Crippen LogP contribution in [0.25, 0.3) is 0 Å².